The minimum absolute atomic E-state index is 0.389. The average molecular weight is 391 g/mol. The molecule has 6 heteroatoms. The number of allylic oxidation sites excluding steroid dienone is 1. The first-order valence-electron chi connectivity index (χ1n) is 9.51. The highest BCUT2D eigenvalue weighted by molar-refractivity contribution is 7.92. The molecule has 0 amide bonds. The monoisotopic (exact) mass is 390 g/mol. The van der Waals surface area contributed by atoms with Gasteiger partial charge in [-0.1, -0.05) is 37.8 Å². The molecule has 148 valence electrons. The maximum atomic E-state index is 12.5. The lowest BCUT2D eigenvalue weighted by molar-refractivity contribution is 0.322. The van der Waals surface area contributed by atoms with E-state index in [1.165, 1.54) is 17.0 Å². The van der Waals surface area contributed by atoms with E-state index in [0.717, 1.165) is 31.7 Å². The van der Waals surface area contributed by atoms with Gasteiger partial charge in [0.05, 0.1) is 19.1 Å². The van der Waals surface area contributed by atoms with Crippen LogP contribution in [0.25, 0.3) is 0 Å². The van der Waals surface area contributed by atoms with Crippen LogP contribution in [0.15, 0.2) is 35.7 Å². The molecule has 0 atom stereocenters. The van der Waals surface area contributed by atoms with Crippen molar-refractivity contribution in [2.24, 2.45) is 0 Å². The van der Waals surface area contributed by atoms with Gasteiger partial charge in [0.1, 0.15) is 5.75 Å². The normalized spacial score (nSPS) is 16.4. The fourth-order valence-electron chi connectivity index (χ4n) is 3.19. The van der Waals surface area contributed by atoms with E-state index in [1.807, 2.05) is 12.1 Å². The second kappa shape index (κ2) is 10.5. The lowest BCUT2D eigenvalue weighted by Crippen LogP contribution is -2.36. The summed E-state index contributed by atoms with van der Waals surface area (Å²) in [5.41, 5.74) is 1.24. The molecule has 1 fully saturated rings. The van der Waals surface area contributed by atoms with E-state index in [0.29, 0.717) is 25.6 Å². The molecule has 5 nitrogen and oxygen atoms in total. The molecule has 0 N–H and O–H groups in total. The van der Waals surface area contributed by atoms with Gasteiger partial charge in [-0.2, -0.15) is 4.31 Å². The van der Waals surface area contributed by atoms with Gasteiger partial charge in [0.2, 0.25) is 10.0 Å². The molecule has 1 aromatic carbocycles. The molecule has 1 aromatic rings. The number of methoxy groups -OCH3 is 1. The molecule has 0 aromatic heterocycles. The molecule has 1 aliphatic heterocycles. The summed E-state index contributed by atoms with van der Waals surface area (Å²) in [4.78, 5) is 2.18. The Bertz CT molecular complexity index is 764. The van der Waals surface area contributed by atoms with Crippen molar-refractivity contribution in [3.63, 3.8) is 0 Å². The van der Waals surface area contributed by atoms with Crippen LogP contribution in [0.3, 0.4) is 0 Å². The minimum Gasteiger partial charge on any atom is -0.497 e. The van der Waals surface area contributed by atoms with E-state index in [9.17, 15) is 8.42 Å². The Kier molecular flexibility index (Phi) is 8.36. The van der Waals surface area contributed by atoms with Crippen LogP contribution in [0.5, 0.6) is 5.75 Å². The molecule has 1 heterocycles. The average Bonchev–Trinajstić information content (AvgIpc) is 2.71. The zero-order valence-corrected chi connectivity index (χ0v) is 17.3. The van der Waals surface area contributed by atoms with Crippen LogP contribution in [0, 0.1) is 11.8 Å². The second-order valence-electron chi connectivity index (χ2n) is 6.58. The van der Waals surface area contributed by atoms with Gasteiger partial charge >= 0.3 is 0 Å². The first kappa shape index (κ1) is 21.5. The Labute approximate surface area is 164 Å². The first-order valence-corrected chi connectivity index (χ1v) is 11.0. The predicted octanol–water partition coefficient (Wildman–Crippen LogP) is 3.06. The summed E-state index contributed by atoms with van der Waals surface area (Å²) in [7, 11) is -1.74. The zero-order chi connectivity index (χ0) is 19.7. The molecule has 0 bridgehead atoms. The fourth-order valence-corrected chi connectivity index (χ4v) is 4.32. The Balaban J connectivity index is 1.88. The van der Waals surface area contributed by atoms with Crippen LogP contribution in [-0.4, -0.2) is 57.5 Å². The largest absolute Gasteiger partial charge is 0.497 e. The highest BCUT2D eigenvalue weighted by Gasteiger charge is 2.26. The molecule has 0 saturated carbocycles. The van der Waals surface area contributed by atoms with E-state index in [2.05, 4.69) is 42.7 Å². The minimum atomic E-state index is -3.39. The number of hydrogen-bond acceptors (Lipinski definition) is 4. The fraction of sp³-hybridized carbons (Fsp3) is 0.524. The molecular weight excluding hydrogens is 360 g/mol. The maximum absolute atomic E-state index is 12.5. The topological polar surface area (TPSA) is 49.9 Å². The number of benzene rings is 1. The van der Waals surface area contributed by atoms with Gasteiger partial charge in [-0.3, -0.25) is 4.90 Å². The maximum Gasteiger partial charge on any atom is 0.236 e. The number of hydrogen-bond donors (Lipinski definition) is 0. The van der Waals surface area contributed by atoms with Crippen molar-refractivity contribution in [1.29, 1.82) is 0 Å². The van der Waals surface area contributed by atoms with Crippen molar-refractivity contribution >= 4 is 10.0 Å². The SMILES string of the molecule is CCN(CC)CC#CC=CS(=O)(=O)N1CCC(c2ccc(OC)cc2)CC1. The van der Waals surface area contributed by atoms with E-state index in [4.69, 9.17) is 4.74 Å². The van der Waals surface area contributed by atoms with Crippen molar-refractivity contribution in [1.82, 2.24) is 9.21 Å². The van der Waals surface area contributed by atoms with Crippen molar-refractivity contribution in [3.05, 3.63) is 41.3 Å². The van der Waals surface area contributed by atoms with Crippen molar-refractivity contribution in [3.8, 4) is 17.6 Å². The van der Waals surface area contributed by atoms with E-state index < -0.39 is 10.0 Å². The highest BCUT2D eigenvalue weighted by atomic mass is 32.2. The Morgan fingerprint density at radius 1 is 1.19 bits per heavy atom. The van der Waals surface area contributed by atoms with Crippen molar-refractivity contribution in [2.45, 2.75) is 32.6 Å². The Hall–Kier alpha value is -1.81. The molecule has 0 unspecified atom stereocenters. The second-order valence-corrected chi connectivity index (χ2v) is 8.40. The third kappa shape index (κ3) is 6.39. The summed E-state index contributed by atoms with van der Waals surface area (Å²) >= 11 is 0. The molecule has 0 aliphatic carbocycles. The van der Waals surface area contributed by atoms with Crippen LogP contribution >= 0.6 is 0 Å². The quantitative estimate of drug-likeness (QED) is 0.672. The Morgan fingerprint density at radius 3 is 2.37 bits per heavy atom. The summed E-state index contributed by atoms with van der Waals surface area (Å²) in [6.45, 7) is 7.78. The van der Waals surface area contributed by atoms with Crippen molar-refractivity contribution in [2.75, 3.05) is 39.8 Å². The van der Waals surface area contributed by atoms with Gasteiger partial charge in [0.25, 0.3) is 0 Å². The number of piperidine rings is 1. The van der Waals surface area contributed by atoms with E-state index >= 15 is 0 Å². The van der Waals surface area contributed by atoms with Gasteiger partial charge in [0, 0.05) is 19.2 Å². The van der Waals surface area contributed by atoms with Gasteiger partial charge < -0.3 is 4.74 Å². The van der Waals surface area contributed by atoms with Gasteiger partial charge in [0.15, 0.2) is 0 Å². The van der Waals surface area contributed by atoms with Crippen LogP contribution in [0.1, 0.15) is 38.2 Å². The van der Waals surface area contributed by atoms with Crippen molar-refractivity contribution < 1.29 is 13.2 Å². The zero-order valence-electron chi connectivity index (χ0n) is 16.5. The predicted molar refractivity (Wildman–Crippen MR) is 110 cm³/mol. The van der Waals surface area contributed by atoms with E-state index in [-0.39, 0.29) is 0 Å². The molecule has 27 heavy (non-hydrogen) atoms. The molecule has 0 spiro atoms. The molecular formula is C21H30N2O3S. The number of ether oxygens (including phenoxy) is 1. The van der Waals surface area contributed by atoms with Crippen LogP contribution < -0.4 is 4.74 Å². The smallest absolute Gasteiger partial charge is 0.236 e. The number of rotatable bonds is 7. The van der Waals surface area contributed by atoms with Crippen LogP contribution in [0.4, 0.5) is 0 Å². The van der Waals surface area contributed by atoms with Crippen LogP contribution in [0.2, 0.25) is 0 Å². The van der Waals surface area contributed by atoms with Crippen LogP contribution in [-0.2, 0) is 10.0 Å². The number of nitrogens with zero attached hydrogens (tertiary/aromatic N) is 2. The number of sulfonamides is 1. The van der Waals surface area contributed by atoms with Gasteiger partial charge in [-0.05, 0) is 49.5 Å². The Morgan fingerprint density at radius 2 is 1.81 bits per heavy atom. The summed E-state index contributed by atoms with van der Waals surface area (Å²) in [6.07, 6.45) is 3.11. The summed E-state index contributed by atoms with van der Waals surface area (Å²) in [6, 6.07) is 8.05. The summed E-state index contributed by atoms with van der Waals surface area (Å²) in [5.74, 6) is 7.06. The molecule has 1 saturated heterocycles. The first-order chi connectivity index (χ1) is 13.0. The highest BCUT2D eigenvalue weighted by Crippen LogP contribution is 2.30. The molecule has 0 radical (unpaired) electrons. The molecule has 2 rings (SSSR count). The van der Waals surface area contributed by atoms with Gasteiger partial charge in [-0.25, -0.2) is 8.42 Å². The third-order valence-electron chi connectivity index (χ3n) is 5.02. The van der Waals surface area contributed by atoms with E-state index in [1.54, 1.807) is 11.4 Å². The molecule has 1 aliphatic rings. The summed E-state index contributed by atoms with van der Waals surface area (Å²) in [5, 5.41) is 1.23. The summed E-state index contributed by atoms with van der Waals surface area (Å²) < 4.78 is 31.7. The van der Waals surface area contributed by atoms with Gasteiger partial charge in [-0.15, -0.1) is 0 Å². The lowest BCUT2D eigenvalue weighted by Gasteiger charge is -2.30. The third-order valence-corrected chi connectivity index (χ3v) is 6.59. The lowest BCUT2D eigenvalue weighted by atomic mass is 9.90. The standard InChI is InChI=1S/C21H30N2O3S/c1-4-22(5-2)15-7-6-8-18-27(24,25)23-16-13-20(14-17-23)19-9-11-21(26-3)12-10-19/h8-12,18,20H,4-5,13-17H2,1-3H3.